The van der Waals surface area contributed by atoms with E-state index in [9.17, 15) is 0 Å². The van der Waals surface area contributed by atoms with Gasteiger partial charge in [-0.2, -0.15) is 12.6 Å². The van der Waals surface area contributed by atoms with Crippen LogP contribution >= 0.6 is 12.6 Å². The van der Waals surface area contributed by atoms with Gasteiger partial charge in [0.15, 0.2) is 6.29 Å². The Morgan fingerprint density at radius 1 is 1.19 bits per heavy atom. The van der Waals surface area contributed by atoms with E-state index in [4.69, 9.17) is 9.47 Å². The lowest BCUT2D eigenvalue weighted by atomic mass is 10.1. The largest absolute Gasteiger partial charge is 0.353 e. The zero-order chi connectivity index (χ0) is 11.8. The minimum Gasteiger partial charge on any atom is -0.353 e. The molecule has 1 heterocycles. The summed E-state index contributed by atoms with van der Waals surface area (Å²) < 4.78 is 11.6. The molecule has 1 aliphatic heterocycles. The summed E-state index contributed by atoms with van der Waals surface area (Å²) in [5, 5.41) is 0.444. The van der Waals surface area contributed by atoms with E-state index in [1.807, 2.05) is 0 Å². The summed E-state index contributed by atoms with van der Waals surface area (Å²) in [5.74, 6) is 0. The highest BCUT2D eigenvalue weighted by Gasteiger charge is 2.26. The van der Waals surface area contributed by atoms with Gasteiger partial charge in [0.25, 0.3) is 0 Å². The second-order valence-corrected chi connectivity index (χ2v) is 5.38. The third-order valence-corrected chi connectivity index (χ3v) is 3.52. The van der Waals surface area contributed by atoms with Crippen LogP contribution < -0.4 is 0 Å². The maximum absolute atomic E-state index is 5.84. The van der Waals surface area contributed by atoms with Crippen molar-refractivity contribution in [2.75, 3.05) is 6.61 Å². The molecule has 3 heteroatoms. The first kappa shape index (κ1) is 14.3. The predicted octanol–water partition coefficient (Wildman–Crippen LogP) is 3.80. The van der Waals surface area contributed by atoms with Gasteiger partial charge in [-0.1, -0.05) is 33.1 Å². The Morgan fingerprint density at radius 3 is 2.69 bits per heavy atom. The molecule has 1 saturated heterocycles. The van der Waals surface area contributed by atoms with Crippen molar-refractivity contribution in [1.82, 2.24) is 0 Å². The lowest BCUT2D eigenvalue weighted by Crippen LogP contribution is -2.35. The molecule has 0 aliphatic carbocycles. The molecule has 96 valence electrons. The average Bonchev–Trinajstić information content (AvgIpc) is 2.28. The van der Waals surface area contributed by atoms with E-state index >= 15 is 0 Å². The number of hydrogen-bond donors (Lipinski definition) is 1. The zero-order valence-electron chi connectivity index (χ0n) is 10.7. The van der Waals surface area contributed by atoms with Crippen molar-refractivity contribution in [2.45, 2.75) is 76.4 Å². The molecule has 0 saturated carbocycles. The van der Waals surface area contributed by atoms with Crippen molar-refractivity contribution in [1.29, 1.82) is 0 Å². The first-order chi connectivity index (χ1) is 7.76. The normalized spacial score (nSPS) is 30.6. The summed E-state index contributed by atoms with van der Waals surface area (Å²) in [6, 6.07) is 0. The fourth-order valence-corrected chi connectivity index (χ4v) is 2.47. The lowest BCUT2D eigenvalue weighted by molar-refractivity contribution is -0.192. The molecule has 0 N–H and O–H groups in total. The van der Waals surface area contributed by atoms with E-state index in [0.717, 1.165) is 32.3 Å². The number of ether oxygens (including phenoxy) is 2. The molecule has 2 unspecified atom stereocenters. The van der Waals surface area contributed by atoms with Crippen LogP contribution in [0.3, 0.4) is 0 Å². The van der Waals surface area contributed by atoms with Crippen molar-refractivity contribution in [3.05, 3.63) is 0 Å². The van der Waals surface area contributed by atoms with Gasteiger partial charge in [-0.15, -0.1) is 0 Å². The Kier molecular flexibility index (Phi) is 7.50. The molecule has 16 heavy (non-hydrogen) atoms. The van der Waals surface area contributed by atoms with Gasteiger partial charge in [0.05, 0.1) is 6.10 Å². The van der Waals surface area contributed by atoms with E-state index in [-0.39, 0.29) is 6.29 Å². The Balaban J connectivity index is 2.10. The zero-order valence-corrected chi connectivity index (χ0v) is 11.5. The lowest BCUT2D eigenvalue weighted by Gasteiger charge is -2.32. The first-order valence-corrected chi connectivity index (χ1v) is 7.23. The smallest absolute Gasteiger partial charge is 0.158 e. The van der Waals surface area contributed by atoms with E-state index in [0.29, 0.717) is 11.4 Å². The molecule has 0 aromatic rings. The molecule has 3 atom stereocenters. The fraction of sp³-hybridized carbons (Fsp3) is 1.00. The SMILES string of the molecule is CCCCCCO[C@H]1CC(S)CC(CC)O1. The monoisotopic (exact) mass is 246 g/mol. The van der Waals surface area contributed by atoms with Gasteiger partial charge in [-0.3, -0.25) is 0 Å². The van der Waals surface area contributed by atoms with Gasteiger partial charge in [0.2, 0.25) is 0 Å². The molecule has 0 bridgehead atoms. The second-order valence-electron chi connectivity index (χ2n) is 4.65. The van der Waals surface area contributed by atoms with Crippen molar-refractivity contribution in [3.63, 3.8) is 0 Å². The van der Waals surface area contributed by atoms with Gasteiger partial charge in [0.1, 0.15) is 0 Å². The van der Waals surface area contributed by atoms with Crippen LogP contribution in [0.25, 0.3) is 0 Å². The number of rotatable bonds is 7. The second kappa shape index (κ2) is 8.37. The average molecular weight is 246 g/mol. The summed E-state index contributed by atoms with van der Waals surface area (Å²) in [5.41, 5.74) is 0. The van der Waals surface area contributed by atoms with Crippen LogP contribution in [0.15, 0.2) is 0 Å². The molecule has 1 rings (SSSR count). The van der Waals surface area contributed by atoms with E-state index in [2.05, 4.69) is 26.5 Å². The highest BCUT2D eigenvalue weighted by molar-refractivity contribution is 7.80. The van der Waals surface area contributed by atoms with Crippen LogP contribution in [0, 0.1) is 0 Å². The molecule has 0 spiro atoms. The maximum atomic E-state index is 5.84. The number of thiol groups is 1. The van der Waals surface area contributed by atoms with E-state index in [1.165, 1.54) is 19.3 Å². The topological polar surface area (TPSA) is 18.5 Å². The molecule has 0 aromatic carbocycles. The first-order valence-electron chi connectivity index (χ1n) is 6.71. The molecule has 0 radical (unpaired) electrons. The predicted molar refractivity (Wildman–Crippen MR) is 71.1 cm³/mol. The molecule has 1 aliphatic rings. The van der Waals surface area contributed by atoms with Crippen LogP contribution in [0.4, 0.5) is 0 Å². The molecule has 1 fully saturated rings. The van der Waals surface area contributed by atoms with Crippen molar-refractivity contribution < 1.29 is 9.47 Å². The summed E-state index contributed by atoms with van der Waals surface area (Å²) in [6.07, 6.45) is 8.40. The fourth-order valence-electron chi connectivity index (χ4n) is 2.06. The molecular formula is C13H26O2S. The van der Waals surface area contributed by atoms with Gasteiger partial charge in [0, 0.05) is 18.3 Å². The summed E-state index contributed by atoms with van der Waals surface area (Å²) >= 11 is 4.55. The Bertz CT molecular complexity index is 175. The highest BCUT2D eigenvalue weighted by Crippen LogP contribution is 2.25. The Hall–Kier alpha value is 0.270. The molecular weight excluding hydrogens is 220 g/mol. The standard InChI is InChI=1S/C13H26O2S/c1-3-5-6-7-8-14-13-10-12(16)9-11(4-2)15-13/h11-13,16H,3-10H2,1-2H3/t11?,12?,13-/m1/s1. The van der Waals surface area contributed by atoms with Crippen molar-refractivity contribution in [3.8, 4) is 0 Å². The quantitative estimate of drug-likeness (QED) is 0.544. The maximum Gasteiger partial charge on any atom is 0.158 e. The van der Waals surface area contributed by atoms with Gasteiger partial charge in [-0.05, 0) is 19.3 Å². The Morgan fingerprint density at radius 2 is 2.00 bits per heavy atom. The highest BCUT2D eigenvalue weighted by atomic mass is 32.1. The van der Waals surface area contributed by atoms with Crippen LogP contribution in [0.5, 0.6) is 0 Å². The molecule has 2 nitrogen and oxygen atoms in total. The number of unbranched alkanes of at least 4 members (excludes halogenated alkanes) is 3. The summed E-state index contributed by atoms with van der Waals surface area (Å²) in [7, 11) is 0. The molecule has 0 aromatic heterocycles. The minimum absolute atomic E-state index is 0.0113. The molecule has 0 amide bonds. The minimum atomic E-state index is -0.0113. The third kappa shape index (κ3) is 5.55. The van der Waals surface area contributed by atoms with Crippen LogP contribution in [-0.2, 0) is 9.47 Å². The van der Waals surface area contributed by atoms with Gasteiger partial charge < -0.3 is 9.47 Å². The summed E-state index contributed by atoms with van der Waals surface area (Å²) in [6.45, 7) is 5.22. The van der Waals surface area contributed by atoms with Crippen molar-refractivity contribution in [2.24, 2.45) is 0 Å². The van der Waals surface area contributed by atoms with Crippen LogP contribution in [0.1, 0.15) is 58.8 Å². The van der Waals surface area contributed by atoms with E-state index < -0.39 is 0 Å². The van der Waals surface area contributed by atoms with Gasteiger partial charge >= 0.3 is 0 Å². The van der Waals surface area contributed by atoms with E-state index in [1.54, 1.807) is 0 Å². The number of hydrogen-bond acceptors (Lipinski definition) is 3. The Labute approximate surface area is 105 Å². The van der Waals surface area contributed by atoms with Crippen LogP contribution in [-0.4, -0.2) is 24.3 Å². The van der Waals surface area contributed by atoms with Gasteiger partial charge in [-0.25, -0.2) is 0 Å². The third-order valence-electron chi connectivity index (χ3n) is 3.10. The van der Waals surface area contributed by atoms with Crippen LogP contribution in [0.2, 0.25) is 0 Å². The van der Waals surface area contributed by atoms with Crippen molar-refractivity contribution >= 4 is 12.6 Å². The summed E-state index contributed by atoms with van der Waals surface area (Å²) in [4.78, 5) is 0.